The van der Waals surface area contributed by atoms with E-state index < -0.39 is 5.54 Å². The Kier molecular flexibility index (Phi) is 3.63. The molecule has 4 nitrogen and oxygen atoms in total. The van der Waals surface area contributed by atoms with Crippen molar-refractivity contribution >= 4 is 11.3 Å². The van der Waals surface area contributed by atoms with E-state index in [0.29, 0.717) is 6.79 Å². The number of thiazole rings is 1. The van der Waals surface area contributed by atoms with Crippen LogP contribution in [0.25, 0.3) is 0 Å². The monoisotopic (exact) mass is 304 g/mol. The molecule has 2 aromatic rings. The molecule has 1 atom stereocenters. The van der Waals surface area contributed by atoms with E-state index in [-0.39, 0.29) is 0 Å². The van der Waals surface area contributed by atoms with E-state index in [2.05, 4.69) is 24.9 Å². The van der Waals surface area contributed by atoms with Crippen molar-refractivity contribution in [1.82, 2.24) is 4.98 Å². The van der Waals surface area contributed by atoms with Gasteiger partial charge in [0.2, 0.25) is 6.79 Å². The largest absolute Gasteiger partial charge is 0.454 e. The van der Waals surface area contributed by atoms with Crippen LogP contribution in [-0.4, -0.2) is 11.8 Å². The average Bonchev–Trinajstić information content (AvgIpc) is 3.04. The molecule has 0 amide bonds. The Morgan fingerprint density at radius 2 is 2.05 bits per heavy atom. The number of nitrogens with two attached hydrogens (primary N) is 1. The molecular weight excluding hydrogens is 284 g/mol. The van der Waals surface area contributed by atoms with Crippen molar-refractivity contribution in [2.75, 3.05) is 6.79 Å². The van der Waals surface area contributed by atoms with Crippen molar-refractivity contribution in [1.29, 1.82) is 0 Å². The number of hydrogen-bond donors (Lipinski definition) is 1. The maximum atomic E-state index is 6.47. The van der Waals surface area contributed by atoms with Crippen LogP contribution in [0.1, 0.15) is 34.5 Å². The third-order valence-electron chi connectivity index (χ3n) is 3.89. The average molecular weight is 304 g/mol. The summed E-state index contributed by atoms with van der Waals surface area (Å²) in [5.41, 5.74) is 8.36. The van der Waals surface area contributed by atoms with Crippen LogP contribution in [-0.2, 0) is 12.0 Å². The van der Waals surface area contributed by atoms with Crippen molar-refractivity contribution in [2.45, 2.75) is 39.2 Å². The SMILES string of the molecule is Cc1nc(C(C)(N)CCc2ccc3c(c2)OCO3)sc1C. The zero-order valence-electron chi connectivity index (χ0n) is 12.6. The highest BCUT2D eigenvalue weighted by Gasteiger charge is 2.25. The molecule has 1 aliphatic rings. The summed E-state index contributed by atoms with van der Waals surface area (Å²) in [6.45, 7) is 6.48. The zero-order chi connectivity index (χ0) is 15.0. The topological polar surface area (TPSA) is 57.4 Å². The minimum atomic E-state index is -0.403. The Labute approximate surface area is 128 Å². The molecule has 0 radical (unpaired) electrons. The van der Waals surface area contributed by atoms with Crippen LogP contribution in [0.15, 0.2) is 18.2 Å². The van der Waals surface area contributed by atoms with Crippen LogP contribution in [0.5, 0.6) is 11.5 Å². The van der Waals surface area contributed by atoms with Crippen LogP contribution in [0.2, 0.25) is 0 Å². The highest BCUT2D eigenvalue weighted by molar-refractivity contribution is 7.11. The van der Waals surface area contributed by atoms with E-state index in [1.165, 1.54) is 10.4 Å². The van der Waals surface area contributed by atoms with Gasteiger partial charge < -0.3 is 15.2 Å². The molecule has 0 bridgehead atoms. The summed E-state index contributed by atoms with van der Waals surface area (Å²) >= 11 is 1.70. The van der Waals surface area contributed by atoms with Crippen LogP contribution in [0, 0.1) is 13.8 Å². The number of hydrogen-bond acceptors (Lipinski definition) is 5. The van der Waals surface area contributed by atoms with Crippen molar-refractivity contribution in [3.05, 3.63) is 39.3 Å². The van der Waals surface area contributed by atoms with E-state index in [1.54, 1.807) is 11.3 Å². The van der Waals surface area contributed by atoms with Gasteiger partial charge in [-0.05, 0) is 51.3 Å². The fourth-order valence-electron chi connectivity index (χ4n) is 2.32. The fraction of sp³-hybridized carbons (Fsp3) is 0.438. The summed E-state index contributed by atoms with van der Waals surface area (Å²) < 4.78 is 10.7. The van der Waals surface area contributed by atoms with Gasteiger partial charge in [-0.3, -0.25) is 0 Å². The standard InChI is InChI=1S/C16H20N2O2S/c1-10-11(2)21-15(18-10)16(3,17)7-6-12-4-5-13-14(8-12)20-9-19-13/h4-5,8H,6-7,9,17H2,1-3H3. The molecule has 1 unspecified atom stereocenters. The normalized spacial score (nSPS) is 16.0. The lowest BCUT2D eigenvalue weighted by atomic mass is 9.95. The highest BCUT2D eigenvalue weighted by atomic mass is 32.1. The first-order valence-electron chi connectivity index (χ1n) is 7.07. The van der Waals surface area contributed by atoms with Gasteiger partial charge in [-0.2, -0.15) is 0 Å². The second-order valence-corrected chi connectivity index (χ2v) is 6.97. The maximum absolute atomic E-state index is 6.47. The fourth-order valence-corrected chi connectivity index (χ4v) is 3.33. The summed E-state index contributed by atoms with van der Waals surface area (Å²) in [5, 5.41) is 1.01. The number of rotatable bonds is 4. The van der Waals surface area contributed by atoms with Gasteiger partial charge in [0, 0.05) is 4.88 Å². The summed E-state index contributed by atoms with van der Waals surface area (Å²) in [5.74, 6) is 1.65. The van der Waals surface area contributed by atoms with Gasteiger partial charge in [0.05, 0.1) is 11.2 Å². The van der Waals surface area contributed by atoms with Crippen LogP contribution in [0.4, 0.5) is 0 Å². The minimum absolute atomic E-state index is 0.311. The molecule has 2 heterocycles. The lowest BCUT2D eigenvalue weighted by Crippen LogP contribution is -2.33. The molecule has 1 aliphatic heterocycles. The predicted molar refractivity (Wildman–Crippen MR) is 84.0 cm³/mol. The first kappa shape index (κ1) is 14.4. The van der Waals surface area contributed by atoms with Crippen molar-refractivity contribution < 1.29 is 9.47 Å². The van der Waals surface area contributed by atoms with E-state index in [0.717, 1.165) is 35.0 Å². The molecule has 0 aliphatic carbocycles. The van der Waals surface area contributed by atoms with Gasteiger partial charge in [-0.25, -0.2) is 4.98 Å². The number of aryl methyl sites for hydroxylation is 3. The van der Waals surface area contributed by atoms with Crippen LogP contribution >= 0.6 is 11.3 Å². The Morgan fingerprint density at radius 3 is 2.76 bits per heavy atom. The molecule has 0 spiro atoms. The number of benzene rings is 1. The Bertz CT molecular complexity index is 645. The summed E-state index contributed by atoms with van der Waals surface area (Å²) in [6, 6.07) is 6.07. The highest BCUT2D eigenvalue weighted by Crippen LogP contribution is 2.34. The smallest absolute Gasteiger partial charge is 0.231 e. The van der Waals surface area contributed by atoms with Crippen LogP contribution in [0.3, 0.4) is 0 Å². The van der Waals surface area contributed by atoms with Gasteiger partial charge in [-0.15, -0.1) is 11.3 Å². The predicted octanol–water partition coefficient (Wildman–Crippen LogP) is 3.30. The van der Waals surface area contributed by atoms with Crippen LogP contribution < -0.4 is 15.2 Å². The lowest BCUT2D eigenvalue weighted by molar-refractivity contribution is 0.174. The van der Waals surface area contributed by atoms with Gasteiger partial charge in [0.25, 0.3) is 0 Å². The number of aromatic nitrogens is 1. The number of ether oxygens (including phenoxy) is 2. The lowest BCUT2D eigenvalue weighted by Gasteiger charge is -2.22. The second kappa shape index (κ2) is 5.31. The first-order chi connectivity index (χ1) is 9.95. The van der Waals surface area contributed by atoms with Crippen molar-refractivity contribution in [2.24, 2.45) is 5.73 Å². The number of fused-ring (bicyclic) bond motifs is 1. The Morgan fingerprint density at radius 1 is 1.29 bits per heavy atom. The Hall–Kier alpha value is -1.59. The first-order valence-corrected chi connectivity index (χ1v) is 7.89. The van der Waals surface area contributed by atoms with E-state index in [4.69, 9.17) is 15.2 Å². The van der Waals surface area contributed by atoms with Gasteiger partial charge in [-0.1, -0.05) is 6.07 Å². The molecule has 3 rings (SSSR count). The molecule has 2 N–H and O–H groups in total. The Balaban J connectivity index is 1.71. The summed E-state index contributed by atoms with van der Waals surface area (Å²) in [6.07, 6.45) is 1.74. The molecule has 0 fully saturated rings. The third-order valence-corrected chi connectivity index (χ3v) is 5.24. The quantitative estimate of drug-likeness (QED) is 0.941. The maximum Gasteiger partial charge on any atom is 0.231 e. The third kappa shape index (κ3) is 2.89. The van der Waals surface area contributed by atoms with E-state index in [1.807, 2.05) is 19.1 Å². The summed E-state index contributed by atoms with van der Waals surface area (Å²) in [7, 11) is 0. The molecule has 21 heavy (non-hydrogen) atoms. The van der Waals surface area contributed by atoms with Gasteiger partial charge in [0.1, 0.15) is 5.01 Å². The molecule has 112 valence electrons. The molecule has 0 saturated heterocycles. The molecule has 5 heteroatoms. The second-order valence-electron chi connectivity index (χ2n) is 5.77. The van der Waals surface area contributed by atoms with Crippen molar-refractivity contribution in [3.63, 3.8) is 0 Å². The number of nitrogens with zero attached hydrogens (tertiary/aromatic N) is 1. The molecule has 1 aromatic carbocycles. The van der Waals surface area contributed by atoms with Gasteiger partial charge in [0.15, 0.2) is 11.5 Å². The summed E-state index contributed by atoms with van der Waals surface area (Å²) in [4.78, 5) is 5.84. The zero-order valence-corrected chi connectivity index (χ0v) is 13.4. The van der Waals surface area contributed by atoms with Crippen molar-refractivity contribution in [3.8, 4) is 11.5 Å². The molecule has 0 saturated carbocycles. The van der Waals surface area contributed by atoms with E-state index in [9.17, 15) is 0 Å². The van der Waals surface area contributed by atoms with Gasteiger partial charge >= 0.3 is 0 Å². The molecular formula is C16H20N2O2S. The minimum Gasteiger partial charge on any atom is -0.454 e. The van der Waals surface area contributed by atoms with E-state index >= 15 is 0 Å². The molecule has 1 aromatic heterocycles.